The van der Waals surface area contributed by atoms with Crippen LogP contribution in [0.1, 0.15) is 17.0 Å². The molecule has 8 heteroatoms. The second-order valence-electron chi connectivity index (χ2n) is 7.44. The van der Waals surface area contributed by atoms with E-state index in [-0.39, 0.29) is 12.5 Å². The van der Waals surface area contributed by atoms with Crippen LogP contribution < -0.4 is 14.3 Å². The van der Waals surface area contributed by atoms with Gasteiger partial charge in [0.2, 0.25) is 0 Å². The summed E-state index contributed by atoms with van der Waals surface area (Å²) in [5.74, 6) is 0.564. The van der Waals surface area contributed by atoms with Gasteiger partial charge in [0.25, 0.3) is 5.91 Å². The standard InChI is InChI=1S/C25H20N2O5S/c1-30-15-11-12-18-21(13-15)33-25(27(18)14-22(28)31-2)26-24(29)23-16-7-3-5-9-19(16)32-20-10-6-4-8-17(20)23/h3-13,23H,14H2,1-2H3. The number of rotatable bonds is 4. The van der Waals surface area contributed by atoms with Gasteiger partial charge in [0.15, 0.2) is 4.80 Å². The zero-order chi connectivity index (χ0) is 22.9. The number of hydrogen-bond donors (Lipinski definition) is 0. The van der Waals surface area contributed by atoms with Crippen LogP contribution in [0.5, 0.6) is 17.2 Å². The molecule has 1 aliphatic rings. The average molecular weight is 461 g/mol. The number of aromatic nitrogens is 1. The maximum atomic E-state index is 13.6. The van der Waals surface area contributed by atoms with E-state index in [1.165, 1.54) is 18.4 Å². The molecule has 1 aliphatic heterocycles. The summed E-state index contributed by atoms with van der Waals surface area (Å²) in [5.41, 5.74) is 2.28. The van der Waals surface area contributed by atoms with E-state index >= 15 is 0 Å². The molecule has 4 aromatic rings. The van der Waals surface area contributed by atoms with E-state index in [4.69, 9.17) is 14.2 Å². The molecule has 0 radical (unpaired) electrons. The van der Waals surface area contributed by atoms with Crippen LogP contribution in [0.15, 0.2) is 71.7 Å². The van der Waals surface area contributed by atoms with Crippen LogP contribution >= 0.6 is 11.3 Å². The van der Waals surface area contributed by atoms with Crippen molar-refractivity contribution < 1.29 is 23.8 Å². The quantitative estimate of drug-likeness (QED) is 0.426. The molecule has 1 aromatic heterocycles. The number of benzene rings is 3. The maximum absolute atomic E-state index is 13.6. The molecule has 0 aliphatic carbocycles. The Bertz CT molecular complexity index is 1410. The molecule has 0 spiro atoms. The first-order valence-electron chi connectivity index (χ1n) is 10.3. The number of hydrogen-bond acceptors (Lipinski definition) is 6. The number of thiazole rings is 1. The fourth-order valence-electron chi connectivity index (χ4n) is 3.95. The lowest BCUT2D eigenvalue weighted by Gasteiger charge is -2.25. The summed E-state index contributed by atoms with van der Waals surface area (Å²) >= 11 is 1.32. The molecule has 0 atom stereocenters. The third-order valence-corrected chi connectivity index (χ3v) is 6.58. The molecule has 166 valence electrons. The van der Waals surface area contributed by atoms with Crippen LogP contribution in [0.2, 0.25) is 0 Å². The second kappa shape index (κ2) is 8.55. The molecule has 33 heavy (non-hydrogen) atoms. The third kappa shape index (κ3) is 3.78. The number of para-hydroxylation sites is 2. The molecule has 0 N–H and O–H groups in total. The molecule has 5 rings (SSSR count). The highest BCUT2D eigenvalue weighted by Gasteiger charge is 2.32. The van der Waals surface area contributed by atoms with Gasteiger partial charge in [0.1, 0.15) is 23.8 Å². The first kappa shape index (κ1) is 21.0. The molecule has 0 fully saturated rings. The van der Waals surface area contributed by atoms with E-state index in [0.717, 1.165) is 21.3 Å². The van der Waals surface area contributed by atoms with Gasteiger partial charge < -0.3 is 18.8 Å². The van der Waals surface area contributed by atoms with E-state index in [2.05, 4.69) is 4.99 Å². The Labute approximate surface area is 193 Å². The van der Waals surface area contributed by atoms with E-state index in [1.54, 1.807) is 17.7 Å². The van der Waals surface area contributed by atoms with E-state index in [1.807, 2.05) is 60.7 Å². The Kier molecular flexibility index (Phi) is 5.43. The number of methoxy groups -OCH3 is 2. The smallest absolute Gasteiger partial charge is 0.325 e. The Morgan fingerprint density at radius 3 is 2.30 bits per heavy atom. The molecular weight excluding hydrogens is 440 g/mol. The summed E-state index contributed by atoms with van der Waals surface area (Å²) in [7, 11) is 2.92. The van der Waals surface area contributed by atoms with Crippen molar-refractivity contribution in [3.63, 3.8) is 0 Å². The molecular formula is C25H20N2O5S. The van der Waals surface area contributed by atoms with Gasteiger partial charge in [-0.1, -0.05) is 47.7 Å². The third-order valence-electron chi connectivity index (χ3n) is 5.54. The lowest BCUT2D eigenvalue weighted by atomic mass is 9.87. The van der Waals surface area contributed by atoms with E-state index in [9.17, 15) is 9.59 Å². The number of esters is 1. The fourth-order valence-corrected chi connectivity index (χ4v) is 5.01. The first-order chi connectivity index (χ1) is 16.1. The van der Waals surface area contributed by atoms with Gasteiger partial charge in [-0.2, -0.15) is 4.99 Å². The highest BCUT2D eigenvalue weighted by Crippen LogP contribution is 2.44. The lowest BCUT2D eigenvalue weighted by molar-refractivity contribution is -0.141. The van der Waals surface area contributed by atoms with Crippen molar-refractivity contribution in [2.75, 3.05) is 14.2 Å². The summed E-state index contributed by atoms with van der Waals surface area (Å²) in [5, 5.41) is 0. The Morgan fingerprint density at radius 2 is 1.67 bits per heavy atom. The largest absolute Gasteiger partial charge is 0.497 e. The zero-order valence-corrected chi connectivity index (χ0v) is 18.8. The van der Waals surface area contributed by atoms with Gasteiger partial charge >= 0.3 is 5.97 Å². The van der Waals surface area contributed by atoms with E-state index in [0.29, 0.717) is 22.0 Å². The summed E-state index contributed by atoms with van der Waals surface area (Å²) in [4.78, 5) is 30.6. The van der Waals surface area contributed by atoms with Crippen molar-refractivity contribution in [1.82, 2.24) is 4.57 Å². The van der Waals surface area contributed by atoms with Crippen LogP contribution in [0.25, 0.3) is 10.2 Å². The zero-order valence-electron chi connectivity index (χ0n) is 18.0. The number of nitrogens with zero attached hydrogens (tertiary/aromatic N) is 2. The fraction of sp³-hybridized carbons (Fsp3) is 0.160. The molecule has 2 heterocycles. The molecule has 7 nitrogen and oxygen atoms in total. The molecule has 0 bridgehead atoms. The molecule has 0 saturated carbocycles. The van der Waals surface area contributed by atoms with Crippen LogP contribution in [0, 0.1) is 0 Å². The Hall–Kier alpha value is -3.91. The van der Waals surface area contributed by atoms with Crippen molar-refractivity contribution in [3.8, 4) is 17.2 Å². The number of ether oxygens (including phenoxy) is 3. The molecule has 1 amide bonds. The summed E-state index contributed by atoms with van der Waals surface area (Å²) in [6.07, 6.45) is 0. The minimum absolute atomic E-state index is 0.0596. The number of amides is 1. The Morgan fingerprint density at radius 1 is 1.00 bits per heavy atom. The van der Waals surface area contributed by atoms with Gasteiger partial charge in [0, 0.05) is 11.1 Å². The first-order valence-corrected chi connectivity index (χ1v) is 11.1. The predicted molar refractivity (Wildman–Crippen MR) is 124 cm³/mol. The highest BCUT2D eigenvalue weighted by atomic mass is 32.1. The normalized spacial score (nSPS) is 13.2. The minimum Gasteiger partial charge on any atom is -0.497 e. The minimum atomic E-state index is -0.613. The summed E-state index contributed by atoms with van der Waals surface area (Å²) < 4.78 is 18.7. The van der Waals surface area contributed by atoms with Crippen molar-refractivity contribution in [3.05, 3.63) is 82.7 Å². The monoisotopic (exact) mass is 460 g/mol. The molecule has 0 unspecified atom stereocenters. The maximum Gasteiger partial charge on any atom is 0.325 e. The van der Waals surface area contributed by atoms with Crippen molar-refractivity contribution in [2.24, 2.45) is 4.99 Å². The van der Waals surface area contributed by atoms with Crippen molar-refractivity contribution >= 4 is 33.4 Å². The number of carbonyl (C=O) groups excluding carboxylic acids is 2. The molecule has 0 saturated heterocycles. The Balaban J connectivity index is 1.67. The number of carbonyl (C=O) groups is 2. The van der Waals surface area contributed by atoms with Crippen LogP contribution in [-0.2, 0) is 20.9 Å². The second-order valence-corrected chi connectivity index (χ2v) is 8.45. The predicted octanol–water partition coefficient (Wildman–Crippen LogP) is 4.25. The summed E-state index contributed by atoms with van der Waals surface area (Å²) in [6.45, 7) is -0.0596. The van der Waals surface area contributed by atoms with Gasteiger partial charge in [-0.3, -0.25) is 9.59 Å². The van der Waals surface area contributed by atoms with E-state index < -0.39 is 11.9 Å². The van der Waals surface area contributed by atoms with Gasteiger partial charge in [0.05, 0.1) is 30.4 Å². The highest BCUT2D eigenvalue weighted by molar-refractivity contribution is 7.16. The lowest BCUT2D eigenvalue weighted by Crippen LogP contribution is -2.25. The van der Waals surface area contributed by atoms with Crippen molar-refractivity contribution in [2.45, 2.75) is 12.5 Å². The van der Waals surface area contributed by atoms with Gasteiger partial charge in [-0.15, -0.1) is 0 Å². The van der Waals surface area contributed by atoms with Gasteiger partial charge in [-0.05, 0) is 30.3 Å². The van der Waals surface area contributed by atoms with Crippen LogP contribution in [0.4, 0.5) is 0 Å². The van der Waals surface area contributed by atoms with Gasteiger partial charge in [-0.25, -0.2) is 0 Å². The van der Waals surface area contributed by atoms with Crippen LogP contribution in [-0.4, -0.2) is 30.7 Å². The number of fused-ring (bicyclic) bond motifs is 3. The topological polar surface area (TPSA) is 79.1 Å². The van der Waals surface area contributed by atoms with Crippen LogP contribution in [0.3, 0.4) is 0 Å². The summed E-state index contributed by atoms with van der Waals surface area (Å²) in [6, 6.07) is 20.4. The van der Waals surface area contributed by atoms with Crippen molar-refractivity contribution in [1.29, 1.82) is 0 Å². The molecule has 3 aromatic carbocycles. The SMILES string of the molecule is COC(=O)Cn1c(=NC(=O)C2c3ccccc3Oc3ccccc32)sc2cc(OC)ccc21. The average Bonchev–Trinajstić information content (AvgIpc) is 3.17.